The number of hydrazone groups is 1. The molecule has 0 aliphatic heterocycles. The van der Waals surface area contributed by atoms with Crippen molar-refractivity contribution >= 4 is 44.8 Å². The fourth-order valence-electron chi connectivity index (χ4n) is 2.46. The van der Waals surface area contributed by atoms with E-state index in [1.807, 2.05) is 22.6 Å². The van der Waals surface area contributed by atoms with Crippen LogP contribution in [0.4, 0.5) is 0 Å². The third kappa shape index (κ3) is 5.36. The van der Waals surface area contributed by atoms with E-state index in [0.717, 1.165) is 0 Å². The molecule has 7 nitrogen and oxygen atoms in total. The van der Waals surface area contributed by atoms with Crippen LogP contribution in [0.2, 0.25) is 0 Å². The SMILES string of the molecule is COc1cc(/C=N\NS(=O)(=O)c2ccccc2)cc(I)c1OC(=O)c1ccccc1. The zero-order valence-electron chi connectivity index (χ0n) is 15.8. The van der Waals surface area contributed by atoms with Crippen LogP contribution in [0.1, 0.15) is 15.9 Å². The van der Waals surface area contributed by atoms with Gasteiger partial charge in [-0.3, -0.25) is 0 Å². The van der Waals surface area contributed by atoms with E-state index in [-0.39, 0.29) is 10.6 Å². The summed E-state index contributed by atoms with van der Waals surface area (Å²) in [5, 5.41) is 3.81. The summed E-state index contributed by atoms with van der Waals surface area (Å²) in [4.78, 5) is 14.6. The second-order valence-corrected chi connectivity index (χ2v) is 8.78. The first-order valence-electron chi connectivity index (χ1n) is 8.65. The van der Waals surface area contributed by atoms with Crippen molar-refractivity contribution in [2.24, 2.45) is 5.10 Å². The van der Waals surface area contributed by atoms with Gasteiger partial charge in [-0.25, -0.2) is 9.63 Å². The highest BCUT2D eigenvalue weighted by molar-refractivity contribution is 14.1. The normalized spacial score (nSPS) is 11.3. The Morgan fingerprint density at radius 3 is 2.30 bits per heavy atom. The first-order chi connectivity index (χ1) is 14.4. The van der Waals surface area contributed by atoms with E-state index < -0.39 is 16.0 Å². The minimum Gasteiger partial charge on any atom is -0.493 e. The molecule has 0 heterocycles. The Morgan fingerprint density at radius 2 is 1.67 bits per heavy atom. The Morgan fingerprint density at radius 1 is 1.03 bits per heavy atom. The van der Waals surface area contributed by atoms with Crippen molar-refractivity contribution in [3.8, 4) is 11.5 Å². The summed E-state index contributed by atoms with van der Waals surface area (Å²) in [5.74, 6) is 0.0800. The maximum absolute atomic E-state index is 12.4. The molecule has 0 fully saturated rings. The van der Waals surface area contributed by atoms with Gasteiger partial charge in [-0.1, -0.05) is 36.4 Å². The number of nitrogens with zero attached hydrogens (tertiary/aromatic N) is 1. The second-order valence-electron chi connectivity index (χ2n) is 5.96. The maximum Gasteiger partial charge on any atom is 0.343 e. The molecule has 0 aliphatic carbocycles. The number of nitrogens with one attached hydrogen (secondary N) is 1. The number of carbonyl (C=O) groups is 1. The van der Waals surface area contributed by atoms with E-state index in [2.05, 4.69) is 9.93 Å². The molecule has 30 heavy (non-hydrogen) atoms. The zero-order chi connectivity index (χ0) is 21.6. The molecule has 154 valence electrons. The molecule has 0 unspecified atom stereocenters. The number of rotatable bonds is 7. The van der Waals surface area contributed by atoms with Gasteiger partial charge in [0.25, 0.3) is 10.0 Å². The molecule has 3 rings (SSSR count). The van der Waals surface area contributed by atoms with Gasteiger partial charge in [0.05, 0.1) is 27.4 Å². The molecule has 0 aromatic heterocycles. The van der Waals surface area contributed by atoms with E-state index in [0.29, 0.717) is 20.4 Å². The molecule has 9 heteroatoms. The highest BCUT2D eigenvalue weighted by atomic mass is 127. The molecule has 0 amide bonds. The van der Waals surface area contributed by atoms with E-state index in [1.165, 1.54) is 25.5 Å². The molecule has 0 spiro atoms. The van der Waals surface area contributed by atoms with Crippen molar-refractivity contribution in [1.82, 2.24) is 4.83 Å². The van der Waals surface area contributed by atoms with Gasteiger partial charge in [0.2, 0.25) is 0 Å². The van der Waals surface area contributed by atoms with Crippen molar-refractivity contribution in [3.63, 3.8) is 0 Å². The molecule has 1 N–H and O–H groups in total. The van der Waals surface area contributed by atoms with Gasteiger partial charge in [0, 0.05) is 0 Å². The zero-order valence-corrected chi connectivity index (χ0v) is 18.8. The molecular weight excluding hydrogens is 519 g/mol. The average molecular weight is 536 g/mol. The Labute approximate surface area is 187 Å². The number of hydrogen-bond acceptors (Lipinski definition) is 6. The van der Waals surface area contributed by atoms with E-state index in [9.17, 15) is 13.2 Å². The van der Waals surface area contributed by atoms with Gasteiger partial charge < -0.3 is 9.47 Å². The minimum atomic E-state index is -3.76. The van der Waals surface area contributed by atoms with Gasteiger partial charge in [-0.15, -0.1) is 0 Å². The number of sulfonamides is 1. The lowest BCUT2D eigenvalue weighted by molar-refractivity contribution is 0.0728. The van der Waals surface area contributed by atoms with Crippen LogP contribution in [-0.2, 0) is 10.0 Å². The lowest BCUT2D eigenvalue weighted by Gasteiger charge is -2.12. The van der Waals surface area contributed by atoms with Crippen LogP contribution in [0, 0.1) is 3.57 Å². The highest BCUT2D eigenvalue weighted by Crippen LogP contribution is 2.34. The molecule has 0 bridgehead atoms. The van der Waals surface area contributed by atoms with Crippen LogP contribution >= 0.6 is 22.6 Å². The van der Waals surface area contributed by atoms with Crippen molar-refractivity contribution in [3.05, 3.63) is 87.5 Å². The predicted molar refractivity (Wildman–Crippen MR) is 121 cm³/mol. The Hall–Kier alpha value is -2.92. The third-order valence-corrected chi connectivity index (χ3v) is 5.94. The number of ether oxygens (including phenoxy) is 2. The quantitative estimate of drug-likeness (QED) is 0.163. The van der Waals surface area contributed by atoms with Gasteiger partial charge in [-0.2, -0.15) is 13.5 Å². The van der Waals surface area contributed by atoms with E-state index in [1.54, 1.807) is 60.7 Å². The van der Waals surface area contributed by atoms with Crippen LogP contribution in [0.25, 0.3) is 0 Å². The number of esters is 1. The summed E-state index contributed by atoms with van der Waals surface area (Å²) in [6, 6.07) is 19.8. The van der Waals surface area contributed by atoms with Gasteiger partial charge in [-0.05, 0) is 64.6 Å². The lowest BCUT2D eigenvalue weighted by atomic mass is 10.2. The number of benzene rings is 3. The van der Waals surface area contributed by atoms with Crippen molar-refractivity contribution in [2.75, 3.05) is 7.11 Å². The van der Waals surface area contributed by atoms with Gasteiger partial charge >= 0.3 is 5.97 Å². The standard InChI is InChI=1S/C21H17IN2O5S/c1-28-19-13-15(14-23-24-30(26,27)17-10-6-3-7-11-17)12-18(22)20(19)29-21(25)16-8-4-2-5-9-16/h2-14,24H,1H3/b23-14-. The summed E-state index contributed by atoms with van der Waals surface area (Å²) in [6.07, 6.45) is 1.34. The lowest BCUT2D eigenvalue weighted by Crippen LogP contribution is -2.18. The average Bonchev–Trinajstić information content (AvgIpc) is 2.76. The van der Waals surface area contributed by atoms with Crippen molar-refractivity contribution in [1.29, 1.82) is 0 Å². The van der Waals surface area contributed by atoms with E-state index in [4.69, 9.17) is 9.47 Å². The van der Waals surface area contributed by atoms with Gasteiger partial charge in [0.15, 0.2) is 11.5 Å². The maximum atomic E-state index is 12.4. The van der Waals surface area contributed by atoms with Crippen molar-refractivity contribution < 1.29 is 22.7 Å². The first kappa shape index (κ1) is 21.8. The predicted octanol–water partition coefficient (Wildman–Crippen LogP) is 3.83. The largest absolute Gasteiger partial charge is 0.493 e. The third-order valence-electron chi connectivity index (χ3n) is 3.90. The molecule has 0 saturated heterocycles. The summed E-state index contributed by atoms with van der Waals surface area (Å²) >= 11 is 2.01. The number of carbonyl (C=O) groups excluding carboxylic acids is 1. The number of halogens is 1. The molecule has 3 aromatic carbocycles. The van der Waals surface area contributed by atoms with Crippen LogP contribution in [0.3, 0.4) is 0 Å². The Bertz CT molecular complexity index is 1170. The molecule has 0 saturated carbocycles. The molecule has 0 radical (unpaired) electrons. The fraction of sp³-hybridized carbons (Fsp3) is 0.0476. The Kier molecular flexibility index (Phi) is 7.06. The second kappa shape index (κ2) is 9.72. The Balaban J connectivity index is 1.78. The highest BCUT2D eigenvalue weighted by Gasteiger charge is 2.17. The number of methoxy groups -OCH3 is 1. The smallest absolute Gasteiger partial charge is 0.343 e. The van der Waals surface area contributed by atoms with Crippen LogP contribution in [0.15, 0.2) is 82.8 Å². The van der Waals surface area contributed by atoms with Gasteiger partial charge in [0.1, 0.15) is 0 Å². The summed E-state index contributed by atoms with van der Waals surface area (Å²) in [6.45, 7) is 0. The van der Waals surface area contributed by atoms with Crippen LogP contribution < -0.4 is 14.3 Å². The minimum absolute atomic E-state index is 0.109. The molecule has 0 aliphatic rings. The summed E-state index contributed by atoms with van der Waals surface area (Å²) < 4.78 is 35.9. The van der Waals surface area contributed by atoms with Crippen molar-refractivity contribution in [2.45, 2.75) is 4.90 Å². The fourth-order valence-corrected chi connectivity index (χ4v) is 4.01. The summed E-state index contributed by atoms with van der Waals surface area (Å²) in [7, 11) is -2.31. The van der Waals surface area contributed by atoms with E-state index >= 15 is 0 Å². The van der Waals surface area contributed by atoms with Crippen LogP contribution in [-0.4, -0.2) is 27.7 Å². The first-order valence-corrected chi connectivity index (χ1v) is 11.2. The topological polar surface area (TPSA) is 94.1 Å². The molecular formula is C21H17IN2O5S. The molecule has 3 aromatic rings. The van der Waals surface area contributed by atoms with Crippen LogP contribution in [0.5, 0.6) is 11.5 Å². The summed E-state index contributed by atoms with van der Waals surface area (Å²) in [5.41, 5.74) is 0.975. The monoisotopic (exact) mass is 536 g/mol. The number of hydrogen-bond donors (Lipinski definition) is 1. The molecule has 0 atom stereocenters.